The molecule has 5 rings (SSSR count). The lowest BCUT2D eigenvalue weighted by molar-refractivity contribution is -0.137. The first-order valence-corrected chi connectivity index (χ1v) is 11.0. The number of carbonyl (C=O) groups is 1. The molecule has 174 valence electrons. The number of hydrogen-bond acceptors (Lipinski definition) is 6. The lowest BCUT2D eigenvalue weighted by Gasteiger charge is -2.54. The fraction of sp³-hybridized carbons (Fsp3) is 0.381. The fourth-order valence-electron chi connectivity index (χ4n) is 4.52. The Morgan fingerprint density at radius 2 is 2.06 bits per heavy atom. The summed E-state index contributed by atoms with van der Waals surface area (Å²) in [7, 11) is 1.24. The molecule has 2 fully saturated rings. The van der Waals surface area contributed by atoms with Gasteiger partial charge >= 0.3 is 12.3 Å². The van der Waals surface area contributed by atoms with E-state index in [1.54, 1.807) is 12.1 Å². The molecular weight excluding hydrogens is 505 g/mol. The summed E-state index contributed by atoms with van der Waals surface area (Å²) in [6.45, 7) is 1.95. The molecule has 12 heteroatoms. The van der Waals surface area contributed by atoms with Gasteiger partial charge in [-0.15, -0.1) is 0 Å². The number of halogens is 4. The lowest BCUT2D eigenvalue weighted by atomic mass is 9.62. The number of ether oxygens (including phenoxy) is 1. The van der Waals surface area contributed by atoms with Gasteiger partial charge in [0.1, 0.15) is 5.56 Å². The molecule has 1 saturated carbocycles. The van der Waals surface area contributed by atoms with Gasteiger partial charge in [0.05, 0.1) is 28.5 Å². The standard InChI is InChI=1S/C21H20BrF3N6O2/c1-33-19(32)30-14-3-2-11-12(6-27-17(11)15(14)22)16-13(21(23,24)25)7-28-18(31-16)29-10-4-20(5-10)8-26-9-20/h2-3,6-7,10,26-27H,4-5,8-9H2,1H3,(H,30,32)(H,28,29,31). The Bertz CT molecular complexity index is 1230. The van der Waals surface area contributed by atoms with Crippen molar-refractivity contribution in [3.8, 4) is 11.3 Å². The molecule has 2 aromatic heterocycles. The Morgan fingerprint density at radius 3 is 2.70 bits per heavy atom. The predicted molar refractivity (Wildman–Crippen MR) is 120 cm³/mol. The molecule has 3 aromatic rings. The van der Waals surface area contributed by atoms with Crippen LogP contribution in [-0.2, 0) is 10.9 Å². The van der Waals surface area contributed by atoms with Crippen LogP contribution in [0.25, 0.3) is 22.2 Å². The van der Waals surface area contributed by atoms with E-state index >= 15 is 0 Å². The number of rotatable bonds is 4. The molecule has 1 spiro atoms. The number of aromatic nitrogens is 3. The number of nitrogens with one attached hydrogen (secondary N) is 4. The topological polar surface area (TPSA) is 104 Å². The zero-order chi connectivity index (χ0) is 23.4. The summed E-state index contributed by atoms with van der Waals surface area (Å²) >= 11 is 3.40. The van der Waals surface area contributed by atoms with E-state index in [1.807, 2.05) is 0 Å². The van der Waals surface area contributed by atoms with Gasteiger partial charge in [0, 0.05) is 42.5 Å². The number of carbonyl (C=O) groups excluding carboxylic acids is 1. The highest BCUT2D eigenvalue weighted by Crippen LogP contribution is 2.46. The number of amides is 1. The average molecular weight is 525 g/mol. The smallest absolute Gasteiger partial charge is 0.419 e. The Morgan fingerprint density at radius 1 is 1.30 bits per heavy atom. The number of alkyl halides is 3. The molecule has 0 atom stereocenters. The number of benzene rings is 1. The van der Waals surface area contributed by atoms with Crippen LogP contribution in [-0.4, -0.2) is 47.3 Å². The molecule has 1 aliphatic heterocycles. The molecule has 0 radical (unpaired) electrons. The number of H-pyrrole nitrogens is 1. The van der Waals surface area contributed by atoms with E-state index in [2.05, 4.69) is 51.6 Å². The lowest BCUT2D eigenvalue weighted by Crippen LogP contribution is -2.63. The maximum absolute atomic E-state index is 13.8. The van der Waals surface area contributed by atoms with Gasteiger partial charge < -0.3 is 20.4 Å². The third kappa shape index (κ3) is 3.90. The van der Waals surface area contributed by atoms with Crippen molar-refractivity contribution in [1.82, 2.24) is 20.3 Å². The molecule has 2 aliphatic rings. The van der Waals surface area contributed by atoms with Crippen molar-refractivity contribution in [3.63, 3.8) is 0 Å². The summed E-state index contributed by atoms with van der Waals surface area (Å²) in [6.07, 6.45) is -1.12. The molecule has 33 heavy (non-hydrogen) atoms. The maximum atomic E-state index is 13.8. The SMILES string of the molecule is COC(=O)Nc1ccc2c(-c3nc(NC4CC5(CNC5)C4)ncc3C(F)(F)F)c[nH]c2c1Br. The van der Waals surface area contributed by atoms with Gasteiger partial charge in [0.25, 0.3) is 0 Å². The fourth-order valence-corrected chi connectivity index (χ4v) is 5.08. The van der Waals surface area contributed by atoms with E-state index in [9.17, 15) is 18.0 Å². The molecule has 1 saturated heterocycles. The minimum absolute atomic E-state index is 0.140. The van der Waals surface area contributed by atoms with Crippen molar-refractivity contribution in [2.45, 2.75) is 25.1 Å². The largest absolute Gasteiger partial charge is 0.453 e. The summed E-state index contributed by atoms with van der Waals surface area (Å²) in [4.78, 5) is 22.8. The number of methoxy groups -OCH3 is 1. The zero-order valence-electron chi connectivity index (χ0n) is 17.4. The Kier molecular flexibility index (Phi) is 5.24. The van der Waals surface area contributed by atoms with Crippen LogP contribution in [0.15, 0.2) is 29.0 Å². The van der Waals surface area contributed by atoms with Crippen molar-refractivity contribution in [3.05, 3.63) is 34.6 Å². The highest BCUT2D eigenvalue weighted by Gasteiger charge is 2.48. The second-order valence-electron chi connectivity index (χ2n) is 8.48. The third-order valence-electron chi connectivity index (χ3n) is 6.26. The number of hydrogen-bond donors (Lipinski definition) is 4. The number of anilines is 2. The van der Waals surface area contributed by atoms with E-state index in [1.165, 1.54) is 13.3 Å². The minimum Gasteiger partial charge on any atom is -0.453 e. The normalized spacial score (nSPS) is 17.5. The minimum atomic E-state index is -4.63. The third-order valence-corrected chi connectivity index (χ3v) is 7.08. The molecule has 8 nitrogen and oxygen atoms in total. The second kappa shape index (κ2) is 7.87. The highest BCUT2D eigenvalue weighted by atomic mass is 79.9. The van der Waals surface area contributed by atoms with Crippen molar-refractivity contribution in [1.29, 1.82) is 0 Å². The van der Waals surface area contributed by atoms with Crippen LogP contribution in [0, 0.1) is 5.41 Å². The maximum Gasteiger partial charge on any atom is 0.419 e. The predicted octanol–water partition coefficient (Wildman–Crippen LogP) is 4.75. The van der Waals surface area contributed by atoms with E-state index in [-0.39, 0.29) is 23.2 Å². The first-order chi connectivity index (χ1) is 15.7. The monoisotopic (exact) mass is 524 g/mol. The van der Waals surface area contributed by atoms with Gasteiger partial charge in [0.2, 0.25) is 5.95 Å². The van der Waals surface area contributed by atoms with Crippen molar-refractivity contribution >= 4 is 44.6 Å². The van der Waals surface area contributed by atoms with Crippen molar-refractivity contribution < 1.29 is 22.7 Å². The van der Waals surface area contributed by atoms with Gasteiger partial charge in [-0.2, -0.15) is 13.2 Å². The Hall–Kier alpha value is -2.86. The highest BCUT2D eigenvalue weighted by molar-refractivity contribution is 9.10. The van der Waals surface area contributed by atoms with Gasteiger partial charge in [0.15, 0.2) is 0 Å². The van der Waals surface area contributed by atoms with E-state index < -0.39 is 17.8 Å². The van der Waals surface area contributed by atoms with Crippen LogP contribution in [0.4, 0.5) is 29.6 Å². The van der Waals surface area contributed by atoms with E-state index in [4.69, 9.17) is 0 Å². The summed E-state index contributed by atoms with van der Waals surface area (Å²) in [5.41, 5.74) is 0.375. The molecular formula is C21H20BrF3N6O2. The molecule has 1 aliphatic carbocycles. The molecule has 1 amide bonds. The molecule has 3 heterocycles. The summed E-state index contributed by atoms with van der Waals surface area (Å²) < 4.78 is 46.5. The van der Waals surface area contributed by atoms with Gasteiger partial charge in [-0.1, -0.05) is 6.07 Å². The van der Waals surface area contributed by atoms with Crippen molar-refractivity contribution in [2.24, 2.45) is 5.41 Å². The summed E-state index contributed by atoms with van der Waals surface area (Å²) in [5.74, 6) is 0.169. The number of nitrogens with zero attached hydrogens (tertiary/aromatic N) is 2. The molecule has 4 N–H and O–H groups in total. The van der Waals surface area contributed by atoms with Crippen molar-refractivity contribution in [2.75, 3.05) is 30.8 Å². The zero-order valence-corrected chi connectivity index (χ0v) is 19.0. The van der Waals surface area contributed by atoms with Crippen LogP contribution < -0.4 is 16.0 Å². The second-order valence-corrected chi connectivity index (χ2v) is 9.27. The number of fused-ring (bicyclic) bond motifs is 1. The van der Waals surface area contributed by atoms with Gasteiger partial charge in [-0.05, 0) is 40.3 Å². The van der Waals surface area contributed by atoms with Crippen LogP contribution in [0.1, 0.15) is 18.4 Å². The quantitative estimate of drug-likeness (QED) is 0.392. The van der Waals surface area contributed by atoms with Crippen LogP contribution >= 0.6 is 15.9 Å². The molecule has 1 aromatic carbocycles. The van der Waals surface area contributed by atoms with Gasteiger partial charge in [-0.25, -0.2) is 14.8 Å². The van der Waals surface area contributed by atoms with E-state index in [0.717, 1.165) is 32.1 Å². The Balaban J connectivity index is 1.51. The number of aromatic amines is 1. The van der Waals surface area contributed by atoms with Crippen LogP contribution in [0.3, 0.4) is 0 Å². The van der Waals surface area contributed by atoms with Crippen LogP contribution in [0.5, 0.6) is 0 Å². The summed E-state index contributed by atoms with van der Waals surface area (Å²) in [5, 5.41) is 9.50. The van der Waals surface area contributed by atoms with Crippen LogP contribution in [0.2, 0.25) is 0 Å². The molecule has 0 bridgehead atoms. The summed E-state index contributed by atoms with van der Waals surface area (Å²) in [6, 6.07) is 3.33. The van der Waals surface area contributed by atoms with Gasteiger partial charge in [-0.3, -0.25) is 5.32 Å². The van der Waals surface area contributed by atoms with E-state index in [0.29, 0.717) is 26.5 Å². The molecule has 0 unspecified atom stereocenters. The Labute approximate surface area is 194 Å². The first-order valence-electron chi connectivity index (χ1n) is 10.3. The first kappa shape index (κ1) is 22.0. The average Bonchev–Trinajstić information content (AvgIpc) is 3.14.